The molecule has 22 heavy (non-hydrogen) atoms. The lowest BCUT2D eigenvalue weighted by molar-refractivity contribution is 0.482. The minimum Gasteiger partial charge on any atom is -0.456 e. The Bertz CT molecular complexity index is 727. The molecule has 0 heterocycles. The van der Waals surface area contributed by atoms with E-state index in [4.69, 9.17) is 16.3 Å². The molecule has 0 aliphatic carbocycles. The molecule has 0 bridgehead atoms. The van der Waals surface area contributed by atoms with E-state index >= 15 is 0 Å². The maximum Gasteiger partial charge on any atom is 0.240 e. The molecule has 0 amide bonds. The lowest BCUT2D eigenvalue weighted by Crippen LogP contribution is -2.27. The highest BCUT2D eigenvalue weighted by Crippen LogP contribution is 2.29. The SMILES string of the molecule is CC(C)CNS(=O)(=O)c1ccc(Oc2ccccc2Cl)cc1. The Morgan fingerprint density at radius 3 is 2.32 bits per heavy atom. The van der Waals surface area contributed by atoms with Gasteiger partial charge in [-0.15, -0.1) is 0 Å². The van der Waals surface area contributed by atoms with E-state index < -0.39 is 10.0 Å². The van der Waals surface area contributed by atoms with Gasteiger partial charge in [0.2, 0.25) is 10.0 Å². The summed E-state index contributed by atoms with van der Waals surface area (Å²) in [6, 6.07) is 13.3. The van der Waals surface area contributed by atoms with Crippen LogP contribution in [0, 0.1) is 5.92 Å². The number of hydrogen-bond acceptors (Lipinski definition) is 3. The van der Waals surface area contributed by atoms with Crippen molar-refractivity contribution in [3.63, 3.8) is 0 Å². The lowest BCUT2D eigenvalue weighted by atomic mass is 10.2. The summed E-state index contributed by atoms with van der Waals surface area (Å²) in [6.07, 6.45) is 0. The van der Waals surface area contributed by atoms with Crippen molar-refractivity contribution in [2.24, 2.45) is 5.92 Å². The fourth-order valence-electron chi connectivity index (χ4n) is 1.70. The van der Waals surface area contributed by atoms with Crippen LogP contribution in [0.15, 0.2) is 53.4 Å². The second-order valence-corrected chi connectivity index (χ2v) is 7.42. The Labute approximate surface area is 136 Å². The van der Waals surface area contributed by atoms with Crippen LogP contribution >= 0.6 is 11.6 Å². The summed E-state index contributed by atoms with van der Waals surface area (Å²) in [5.74, 6) is 1.30. The van der Waals surface area contributed by atoms with E-state index in [9.17, 15) is 8.42 Å². The third-order valence-corrected chi connectivity index (χ3v) is 4.63. The van der Waals surface area contributed by atoms with Crippen LogP contribution in [-0.2, 0) is 10.0 Å². The summed E-state index contributed by atoms with van der Waals surface area (Å²) in [4.78, 5) is 0.208. The zero-order valence-electron chi connectivity index (χ0n) is 12.4. The van der Waals surface area contributed by atoms with E-state index in [1.54, 1.807) is 24.3 Å². The number of rotatable bonds is 6. The van der Waals surface area contributed by atoms with Gasteiger partial charge in [0.1, 0.15) is 11.5 Å². The van der Waals surface area contributed by atoms with Gasteiger partial charge in [-0.2, -0.15) is 0 Å². The monoisotopic (exact) mass is 339 g/mol. The van der Waals surface area contributed by atoms with Crippen molar-refractivity contribution in [1.82, 2.24) is 4.72 Å². The van der Waals surface area contributed by atoms with Crippen molar-refractivity contribution in [2.45, 2.75) is 18.7 Å². The molecule has 0 unspecified atom stereocenters. The van der Waals surface area contributed by atoms with Crippen LogP contribution in [0.4, 0.5) is 0 Å². The van der Waals surface area contributed by atoms with Gasteiger partial charge in [0.15, 0.2) is 0 Å². The second-order valence-electron chi connectivity index (χ2n) is 5.25. The van der Waals surface area contributed by atoms with Crippen LogP contribution in [0.2, 0.25) is 5.02 Å². The number of hydrogen-bond donors (Lipinski definition) is 1. The number of sulfonamides is 1. The van der Waals surface area contributed by atoms with E-state index in [1.165, 1.54) is 12.1 Å². The largest absolute Gasteiger partial charge is 0.456 e. The molecule has 0 fully saturated rings. The highest BCUT2D eigenvalue weighted by Gasteiger charge is 2.14. The summed E-state index contributed by atoms with van der Waals surface area (Å²) in [7, 11) is -3.48. The highest BCUT2D eigenvalue weighted by molar-refractivity contribution is 7.89. The maximum absolute atomic E-state index is 12.1. The molecule has 1 N–H and O–H groups in total. The van der Waals surface area contributed by atoms with E-state index in [0.29, 0.717) is 23.1 Å². The number of nitrogens with one attached hydrogen (secondary N) is 1. The Kier molecular flexibility index (Phi) is 5.45. The van der Waals surface area contributed by atoms with Gasteiger partial charge in [0.05, 0.1) is 9.92 Å². The van der Waals surface area contributed by atoms with Crippen molar-refractivity contribution < 1.29 is 13.2 Å². The van der Waals surface area contributed by atoms with E-state index in [-0.39, 0.29) is 10.8 Å². The van der Waals surface area contributed by atoms with Crippen molar-refractivity contribution in [2.75, 3.05) is 6.54 Å². The van der Waals surface area contributed by atoms with Crippen LogP contribution < -0.4 is 9.46 Å². The van der Waals surface area contributed by atoms with Crippen LogP contribution in [-0.4, -0.2) is 15.0 Å². The molecule has 0 radical (unpaired) electrons. The zero-order valence-corrected chi connectivity index (χ0v) is 14.0. The van der Waals surface area contributed by atoms with Gasteiger partial charge >= 0.3 is 0 Å². The highest BCUT2D eigenvalue weighted by atomic mass is 35.5. The molecule has 2 rings (SSSR count). The van der Waals surface area contributed by atoms with Gasteiger partial charge in [-0.3, -0.25) is 0 Å². The Hall–Kier alpha value is -1.56. The second kappa shape index (κ2) is 7.13. The van der Waals surface area contributed by atoms with Gasteiger partial charge in [0, 0.05) is 6.54 Å². The van der Waals surface area contributed by atoms with E-state index in [0.717, 1.165) is 0 Å². The van der Waals surface area contributed by atoms with E-state index in [2.05, 4.69) is 4.72 Å². The van der Waals surface area contributed by atoms with Crippen LogP contribution in [0.1, 0.15) is 13.8 Å². The molecular formula is C16H18ClNO3S. The quantitative estimate of drug-likeness (QED) is 0.863. The molecule has 0 aliphatic heterocycles. The standard InChI is InChI=1S/C16H18ClNO3S/c1-12(2)11-18-22(19,20)14-9-7-13(8-10-14)21-16-6-4-3-5-15(16)17/h3-10,12,18H,11H2,1-2H3. The molecule has 0 aromatic heterocycles. The molecule has 0 spiro atoms. The molecule has 6 heteroatoms. The van der Waals surface area contributed by atoms with Gasteiger partial charge in [0.25, 0.3) is 0 Å². The first-order valence-corrected chi connectivity index (χ1v) is 8.77. The van der Waals surface area contributed by atoms with Gasteiger partial charge in [-0.25, -0.2) is 13.1 Å². The maximum atomic E-state index is 12.1. The van der Waals surface area contributed by atoms with Gasteiger partial charge in [-0.05, 0) is 42.3 Å². The van der Waals surface area contributed by atoms with Crippen molar-refractivity contribution in [3.05, 3.63) is 53.6 Å². The molecular weight excluding hydrogens is 322 g/mol. The minimum atomic E-state index is -3.48. The fourth-order valence-corrected chi connectivity index (χ4v) is 3.09. The van der Waals surface area contributed by atoms with Gasteiger partial charge < -0.3 is 4.74 Å². The molecule has 0 saturated heterocycles. The molecule has 0 atom stereocenters. The first kappa shape index (κ1) is 16.8. The number of halogens is 1. The first-order chi connectivity index (χ1) is 10.4. The third kappa shape index (κ3) is 4.47. The summed E-state index contributed by atoms with van der Waals surface area (Å²) < 4.78 is 32.4. The Morgan fingerprint density at radius 1 is 1.09 bits per heavy atom. The summed E-state index contributed by atoms with van der Waals surface area (Å²) in [5, 5.41) is 0.498. The Balaban J connectivity index is 2.12. The Morgan fingerprint density at radius 2 is 1.73 bits per heavy atom. The molecule has 2 aromatic rings. The number of para-hydroxylation sites is 1. The molecule has 0 aliphatic rings. The predicted molar refractivity (Wildman–Crippen MR) is 88.0 cm³/mol. The van der Waals surface area contributed by atoms with Crippen LogP contribution in [0.25, 0.3) is 0 Å². The first-order valence-electron chi connectivity index (χ1n) is 6.90. The normalized spacial score (nSPS) is 11.6. The minimum absolute atomic E-state index is 0.208. The predicted octanol–water partition coefficient (Wildman–Crippen LogP) is 4.07. The number of benzene rings is 2. The average Bonchev–Trinajstić information content (AvgIpc) is 2.48. The fraction of sp³-hybridized carbons (Fsp3) is 0.250. The lowest BCUT2D eigenvalue weighted by Gasteiger charge is -2.10. The molecule has 118 valence electrons. The van der Waals surface area contributed by atoms with Crippen molar-refractivity contribution in [1.29, 1.82) is 0 Å². The topological polar surface area (TPSA) is 55.4 Å². The summed E-state index contributed by atoms with van der Waals surface area (Å²) in [6.45, 7) is 4.30. The molecule has 2 aromatic carbocycles. The summed E-state index contributed by atoms with van der Waals surface area (Å²) >= 11 is 6.02. The smallest absolute Gasteiger partial charge is 0.240 e. The van der Waals surface area contributed by atoms with E-state index in [1.807, 2.05) is 26.0 Å². The van der Waals surface area contributed by atoms with Gasteiger partial charge in [-0.1, -0.05) is 37.6 Å². The molecule has 0 saturated carbocycles. The average molecular weight is 340 g/mol. The van der Waals surface area contributed by atoms with Crippen LogP contribution in [0.5, 0.6) is 11.5 Å². The van der Waals surface area contributed by atoms with Crippen LogP contribution in [0.3, 0.4) is 0 Å². The number of ether oxygens (including phenoxy) is 1. The van der Waals surface area contributed by atoms with Crippen molar-refractivity contribution >= 4 is 21.6 Å². The molecule has 4 nitrogen and oxygen atoms in total. The summed E-state index contributed by atoms with van der Waals surface area (Å²) in [5.41, 5.74) is 0. The zero-order chi connectivity index (χ0) is 16.2. The third-order valence-electron chi connectivity index (χ3n) is 2.88. The van der Waals surface area contributed by atoms with Crippen molar-refractivity contribution in [3.8, 4) is 11.5 Å².